The first-order chi connectivity index (χ1) is 8.74. The van der Waals surface area contributed by atoms with Crippen LogP contribution in [0.15, 0.2) is 30.3 Å². The summed E-state index contributed by atoms with van der Waals surface area (Å²) in [7, 11) is 0. The lowest BCUT2D eigenvalue weighted by molar-refractivity contribution is -0.121. The van der Waals surface area contributed by atoms with Crippen LogP contribution in [0.4, 0.5) is 0 Å². The molecule has 0 saturated carbocycles. The topological polar surface area (TPSA) is 55.1 Å². The molecule has 1 aromatic carbocycles. The number of rotatable bonds is 8. The lowest BCUT2D eigenvalue weighted by Crippen LogP contribution is -2.43. The summed E-state index contributed by atoms with van der Waals surface area (Å²) < 4.78 is 0. The van der Waals surface area contributed by atoms with Gasteiger partial charge >= 0.3 is 0 Å². The summed E-state index contributed by atoms with van der Waals surface area (Å²) in [6.07, 6.45) is 2.64. The fourth-order valence-corrected chi connectivity index (χ4v) is 2.17. The number of hydrogen-bond acceptors (Lipinski definition) is 3. The normalized spacial score (nSPS) is 12.1. The Labute approximate surface area is 114 Å². The highest BCUT2D eigenvalue weighted by atomic mass is 32.2. The fraction of sp³-hybridized carbons (Fsp3) is 0.357. The second-order valence-corrected chi connectivity index (χ2v) is 5.03. The van der Waals surface area contributed by atoms with E-state index >= 15 is 0 Å². The van der Waals surface area contributed by atoms with Crippen molar-refractivity contribution < 1.29 is 4.79 Å². The van der Waals surface area contributed by atoms with Gasteiger partial charge in [-0.05, 0) is 31.1 Å². The first kappa shape index (κ1) is 15.1. The zero-order valence-corrected chi connectivity index (χ0v) is 11.3. The third-order valence-electron chi connectivity index (χ3n) is 2.43. The maximum atomic E-state index is 11.7. The molecule has 0 aromatic heterocycles. The van der Waals surface area contributed by atoms with Crippen molar-refractivity contribution in [1.82, 2.24) is 5.32 Å². The molecular weight excluding hydrogens is 244 g/mol. The lowest BCUT2D eigenvalue weighted by Gasteiger charge is -2.11. The van der Waals surface area contributed by atoms with E-state index in [1.807, 2.05) is 36.8 Å². The third-order valence-corrected chi connectivity index (χ3v) is 3.49. The largest absolute Gasteiger partial charge is 0.354 e. The van der Waals surface area contributed by atoms with Gasteiger partial charge in [0.1, 0.15) is 0 Å². The van der Waals surface area contributed by atoms with Crippen molar-refractivity contribution in [2.24, 2.45) is 5.73 Å². The minimum atomic E-state index is -0.439. The van der Waals surface area contributed by atoms with E-state index in [2.05, 4.69) is 12.2 Å². The Morgan fingerprint density at radius 1 is 1.44 bits per heavy atom. The van der Waals surface area contributed by atoms with Crippen LogP contribution in [0.2, 0.25) is 0 Å². The Kier molecular flexibility index (Phi) is 7.53. The number of benzene rings is 1. The standard InChI is InChI=1S/C14H20N2OS/c1-2-10-18-11-13(15)14(17)16-9-8-12-6-4-3-5-7-12/h2-7,13H,1,8-11,15H2,(H,16,17)/t13-/m0/s1. The van der Waals surface area contributed by atoms with Gasteiger partial charge < -0.3 is 11.1 Å². The van der Waals surface area contributed by atoms with E-state index in [1.54, 1.807) is 11.8 Å². The Morgan fingerprint density at radius 3 is 2.83 bits per heavy atom. The van der Waals surface area contributed by atoms with Gasteiger partial charge in [-0.2, -0.15) is 11.8 Å². The molecule has 18 heavy (non-hydrogen) atoms. The van der Waals surface area contributed by atoms with E-state index in [0.29, 0.717) is 12.3 Å². The molecule has 0 aliphatic rings. The highest BCUT2D eigenvalue weighted by molar-refractivity contribution is 7.99. The first-order valence-corrected chi connectivity index (χ1v) is 7.15. The highest BCUT2D eigenvalue weighted by Crippen LogP contribution is 2.03. The molecule has 0 bridgehead atoms. The summed E-state index contributed by atoms with van der Waals surface area (Å²) in [5.41, 5.74) is 6.99. The van der Waals surface area contributed by atoms with Gasteiger partial charge in [-0.1, -0.05) is 30.3 Å². The Balaban J connectivity index is 2.16. The number of hydrogen-bond donors (Lipinski definition) is 2. The van der Waals surface area contributed by atoms with Crippen molar-refractivity contribution in [2.45, 2.75) is 12.5 Å². The maximum Gasteiger partial charge on any atom is 0.237 e. The second kappa shape index (κ2) is 9.00. The van der Waals surface area contributed by atoms with Crippen LogP contribution < -0.4 is 11.1 Å². The van der Waals surface area contributed by atoms with Gasteiger partial charge in [0.25, 0.3) is 0 Å². The van der Waals surface area contributed by atoms with Crippen molar-refractivity contribution in [3.05, 3.63) is 49.2 Å². The van der Waals surface area contributed by atoms with Crippen LogP contribution in [-0.4, -0.2) is 30.0 Å². The molecule has 1 atom stereocenters. The molecule has 2 radical (unpaired) electrons. The van der Waals surface area contributed by atoms with Crippen molar-refractivity contribution in [1.29, 1.82) is 0 Å². The van der Waals surface area contributed by atoms with Gasteiger partial charge in [0.2, 0.25) is 5.91 Å². The molecule has 3 N–H and O–H groups in total. The molecule has 3 nitrogen and oxygen atoms in total. The summed E-state index contributed by atoms with van der Waals surface area (Å²) in [4.78, 5) is 11.7. The minimum absolute atomic E-state index is 0.0810. The predicted octanol–water partition coefficient (Wildman–Crippen LogP) is 1.44. The maximum absolute atomic E-state index is 11.7. The molecule has 98 valence electrons. The quantitative estimate of drug-likeness (QED) is 0.699. The molecule has 1 aromatic rings. The first-order valence-electron chi connectivity index (χ1n) is 6.00. The summed E-state index contributed by atoms with van der Waals surface area (Å²) in [5.74, 6) is 1.37. The number of carbonyl (C=O) groups excluding carboxylic acids is 1. The van der Waals surface area contributed by atoms with Crippen LogP contribution in [0, 0.1) is 13.3 Å². The number of nitrogens with one attached hydrogen (secondary N) is 1. The number of amides is 1. The molecule has 0 saturated heterocycles. The number of nitrogens with two attached hydrogens (primary N) is 1. The van der Waals surface area contributed by atoms with E-state index in [0.717, 1.165) is 12.2 Å². The van der Waals surface area contributed by atoms with Crippen molar-refractivity contribution in [3.63, 3.8) is 0 Å². The van der Waals surface area contributed by atoms with E-state index in [1.165, 1.54) is 5.56 Å². The Bertz CT molecular complexity index is 343. The predicted molar refractivity (Wildman–Crippen MR) is 78.1 cm³/mol. The summed E-state index contributed by atoms with van der Waals surface area (Å²) >= 11 is 1.62. The molecule has 1 rings (SSSR count). The third kappa shape index (κ3) is 6.07. The van der Waals surface area contributed by atoms with Gasteiger partial charge in [-0.25, -0.2) is 0 Å². The molecular formula is C14H20N2OS. The number of thioether (sulfide) groups is 1. The average Bonchev–Trinajstić information content (AvgIpc) is 2.40. The molecule has 1 amide bonds. The summed E-state index contributed by atoms with van der Waals surface area (Å²) in [5, 5.41) is 2.85. The van der Waals surface area contributed by atoms with Gasteiger partial charge in [0.05, 0.1) is 6.04 Å². The van der Waals surface area contributed by atoms with Gasteiger partial charge in [0.15, 0.2) is 0 Å². The Morgan fingerprint density at radius 2 is 2.17 bits per heavy atom. The molecule has 0 heterocycles. The van der Waals surface area contributed by atoms with Crippen LogP contribution in [0.5, 0.6) is 0 Å². The van der Waals surface area contributed by atoms with Crippen LogP contribution in [0.3, 0.4) is 0 Å². The summed E-state index contributed by atoms with van der Waals surface area (Å²) in [6.45, 7) is 4.25. The highest BCUT2D eigenvalue weighted by Gasteiger charge is 2.12. The minimum Gasteiger partial charge on any atom is -0.354 e. The van der Waals surface area contributed by atoms with Crippen LogP contribution >= 0.6 is 11.8 Å². The second-order valence-electron chi connectivity index (χ2n) is 3.96. The van der Waals surface area contributed by atoms with Crippen LogP contribution in [-0.2, 0) is 11.2 Å². The number of carbonyl (C=O) groups is 1. The van der Waals surface area contributed by atoms with Gasteiger partial charge in [-0.3, -0.25) is 4.79 Å². The lowest BCUT2D eigenvalue weighted by atomic mass is 10.1. The van der Waals surface area contributed by atoms with E-state index in [9.17, 15) is 4.79 Å². The molecule has 0 aliphatic heterocycles. The molecule has 4 heteroatoms. The van der Waals surface area contributed by atoms with E-state index in [-0.39, 0.29) is 5.91 Å². The zero-order chi connectivity index (χ0) is 13.2. The van der Waals surface area contributed by atoms with Crippen molar-refractivity contribution in [3.8, 4) is 0 Å². The van der Waals surface area contributed by atoms with E-state index in [4.69, 9.17) is 5.73 Å². The monoisotopic (exact) mass is 264 g/mol. The SMILES string of the molecule is [CH2][CH]CSC[C@H](N)C(=O)NCCc1ccccc1. The van der Waals surface area contributed by atoms with Gasteiger partial charge in [0, 0.05) is 12.3 Å². The van der Waals surface area contributed by atoms with Crippen molar-refractivity contribution in [2.75, 3.05) is 18.1 Å². The van der Waals surface area contributed by atoms with E-state index < -0.39 is 6.04 Å². The zero-order valence-electron chi connectivity index (χ0n) is 10.5. The molecule has 0 unspecified atom stereocenters. The smallest absolute Gasteiger partial charge is 0.237 e. The molecule has 0 spiro atoms. The van der Waals surface area contributed by atoms with Crippen LogP contribution in [0.1, 0.15) is 5.56 Å². The van der Waals surface area contributed by atoms with Gasteiger partial charge in [-0.15, -0.1) is 0 Å². The van der Waals surface area contributed by atoms with Crippen molar-refractivity contribution >= 4 is 17.7 Å². The molecule has 0 fully saturated rings. The fourth-order valence-electron chi connectivity index (χ4n) is 1.46. The van der Waals surface area contributed by atoms with Crippen LogP contribution in [0.25, 0.3) is 0 Å². The Hall–Kier alpha value is -1.00. The average molecular weight is 264 g/mol. The molecule has 0 aliphatic carbocycles. The summed E-state index contributed by atoms with van der Waals surface area (Å²) in [6, 6.07) is 9.63.